The van der Waals surface area contributed by atoms with E-state index in [4.69, 9.17) is 15.9 Å². The van der Waals surface area contributed by atoms with Gasteiger partial charge < -0.3 is 9.47 Å². The highest BCUT2D eigenvalue weighted by atomic mass is 16.5. The summed E-state index contributed by atoms with van der Waals surface area (Å²) in [7, 11) is 1.32. The molecule has 0 atom stereocenters. The summed E-state index contributed by atoms with van der Waals surface area (Å²) in [5, 5.41) is 7.43. The molecule has 15 heavy (non-hydrogen) atoms. The Balaban J connectivity index is 2.80. The van der Waals surface area contributed by atoms with E-state index in [2.05, 4.69) is 4.74 Å². The van der Waals surface area contributed by atoms with Crippen LogP contribution in [0.25, 0.3) is 0 Å². The van der Waals surface area contributed by atoms with Crippen molar-refractivity contribution in [1.29, 1.82) is 5.41 Å². The molecule has 0 radical (unpaired) electrons. The zero-order valence-electron chi connectivity index (χ0n) is 8.32. The number of methoxy groups -OCH3 is 1. The summed E-state index contributed by atoms with van der Waals surface area (Å²) in [5.41, 5.74) is 6.12. The van der Waals surface area contributed by atoms with Gasteiger partial charge in [0.25, 0.3) is 0 Å². The molecule has 1 aromatic carbocycles. The molecule has 0 bridgehead atoms. The Kier molecular flexibility index (Phi) is 3.82. The molecule has 1 aromatic rings. The van der Waals surface area contributed by atoms with Crippen LogP contribution >= 0.6 is 0 Å². The summed E-state index contributed by atoms with van der Waals surface area (Å²) < 4.78 is 9.34. The van der Waals surface area contributed by atoms with Crippen LogP contribution in [0.15, 0.2) is 24.3 Å². The van der Waals surface area contributed by atoms with Gasteiger partial charge in [-0.2, -0.15) is 0 Å². The number of hydrogen-bond donors (Lipinski definition) is 2. The van der Waals surface area contributed by atoms with Crippen LogP contribution in [0.1, 0.15) is 15.9 Å². The van der Waals surface area contributed by atoms with E-state index in [0.717, 1.165) is 0 Å². The highest BCUT2D eigenvalue weighted by Crippen LogP contribution is 2.06. The number of esters is 1. The average Bonchev–Trinajstić information content (AvgIpc) is 2.28. The Hall–Kier alpha value is -1.88. The molecular weight excluding hydrogens is 196 g/mol. The highest BCUT2D eigenvalue weighted by molar-refractivity contribution is 5.94. The Labute approximate surface area is 87.3 Å². The van der Waals surface area contributed by atoms with Gasteiger partial charge in [0.2, 0.25) is 5.90 Å². The van der Waals surface area contributed by atoms with Crippen molar-refractivity contribution in [3.8, 4) is 0 Å². The molecule has 0 fully saturated rings. The molecule has 80 valence electrons. The lowest BCUT2D eigenvalue weighted by Crippen LogP contribution is -2.12. The van der Waals surface area contributed by atoms with E-state index in [1.54, 1.807) is 24.3 Å². The zero-order chi connectivity index (χ0) is 11.3. The zero-order valence-corrected chi connectivity index (χ0v) is 8.32. The first-order valence-electron chi connectivity index (χ1n) is 4.29. The topological polar surface area (TPSA) is 85.4 Å². The maximum Gasteiger partial charge on any atom is 0.337 e. The van der Waals surface area contributed by atoms with Crippen LogP contribution in [0.3, 0.4) is 0 Å². The van der Waals surface area contributed by atoms with Gasteiger partial charge in [-0.3, -0.25) is 11.1 Å². The van der Waals surface area contributed by atoms with Crippen molar-refractivity contribution in [2.24, 2.45) is 5.73 Å². The minimum Gasteiger partial charge on any atom is -0.465 e. The van der Waals surface area contributed by atoms with Crippen LogP contribution in [0, 0.1) is 5.41 Å². The average molecular weight is 208 g/mol. The van der Waals surface area contributed by atoms with Gasteiger partial charge >= 0.3 is 5.97 Å². The molecule has 0 aliphatic carbocycles. The van der Waals surface area contributed by atoms with Gasteiger partial charge in [0.15, 0.2) is 0 Å². The molecule has 1 rings (SSSR count). The SMILES string of the molecule is COC(=O)c1ccc(C(=N)OCN)cc1. The molecule has 0 spiro atoms. The lowest BCUT2D eigenvalue weighted by Gasteiger charge is -2.05. The smallest absolute Gasteiger partial charge is 0.337 e. The molecule has 0 aliphatic rings. The fourth-order valence-electron chi connectivity index (χ4n) is 1.04. The monoisotopic (exact) mass is 208 g/mol. The summed E-state index contributed by atoms with van der Waals surface area (Å²) in [6.07, 6.45) is 0. The van der Waals surface area contributed by atoms with Gasteiger partial charge in [-0.25, -0.2) is 4.79 Å². The second kappa shape index (κ2) is 5.11. The van der Waals surface area contributed by atoms with Crippen molar-refractivity contribution in [3.05, 3.63) is 35.4 Å². The fourth-order valence-corrected chi connectivity index (χ4v) is 1.04. The maximum atomic E-state index is 11.1. The number of benzene rings is 1. The minimum absolute atomic E-state index is 0.0195. The third-order valence-corrected chi connectivity index (χ3v) is 1.80. The fraction of sp³-hybridized carbons (Fsp3) is 0.200. The number of carbonyl (C=O) groups is 1. The van der Waals surface area contributed by atoms with Crippen LogP contribution in [0.2, 0.25) is 0 Å². The minimum atomic E-state index is -0.409. The summed E-state index contributed by atoms with van der Waals surface area (Å²) in [6.45, 7) is -0.0441. The predicted molar refractivity (Wildman–Crippen MR) is 54.7 cm³/mol. The standard InChI is InChI=1S/C10H12N2O3/c1-14-10(13)8-4-2-7(3-5-8)9(12)15-6-11/h2-5,12H,6,11H2,1H3. The van der Waals surface area contributed by atoms with Crippen LogP contribution in [0.4, 0.5) is 0 Å². The molecule has 0 aliphatic heterocycles. The maximum absolute atomic E-state index is 11.1. The van der Waals surface area contributed by atoms with Crippen molar-refractivity contribution in [2.75, 3.05) is 13.8 Å². The number of nitrogens with one attached hydrogen (secondary N) is 1. The Morgan fingerprint density at radius 3 is 2.33 bits per heavy atom. The number of hydrogen-bond acceptors (Lipinski definition) is 5. The van der Waals surface area contributed by atoms with E-state index in [-0.39, 0.29) is 12.6 Å². The largest absolute Gasteiger partial charge is 0.465 e. The van der Waals surface area contributed by atoms with Gasteiger partial charge in [-0.15, -0.1) is 0 Å². The van der Waals surface area contributed by atoms with Gasteiger partial charge in [0, 0.05) is 5.56 Å². The molecule has 0 heterocycles. The number of carbonyl (C=O) groups excluding carboxylic acids is 1. The molecule has 0 unspecified atom stereocenters. The third kappa shape index (κ3) is 2.78. The van der Waals surface area contributed by atoms with Crippen molar-refractivity contribution in [2.45, 2.75) is 0 Å². The molecule has 0 saturated carbocycles. The van der Waals surface area contributed by atoms with Crippen molar-refractivity contribution < 1.29 is 14.3 Å². The molecule has 0 saturated heterocycles. The van der Waals surface area contributed by atoms with E-state index >= 15 is 0 Å². The predicted octanol–water partition coefficient (Wildman–Crippen LogP) is 0.731. The van der Waals surface area contributed by atoms with E-state index in [0.29, 0.717) is 11.1 Å². The van der Waals surface area contributed by atoms with E-state index in [1.807, 2.05) is 0 Å². The molecular formula is C10H12N2O3. The third-order valence-electron chi connectivity index (χ3n) is 1.80. The molecule has 0 aromatic heterocycles. The first kappa shape index (κ1) is 11.2. The quantitative estimate of drug-likeness (QED) is 0.332. The van der Waals surface area contributed by atoms with Gasteiger partial charge in [0.1, 0.15) is 6.73 Å². The summed E-state index contributed by atoms with van der Waals surface area (Å²) in [4.78, 5) is 11.1. The number of ether oxygens (including phenoxy) is 2. The van der Waals surface area contributed by atoms with Crippen molar-refractivity contribution in [3.63, 3.8) is 0 Å². The van der Waals surface area contributed by atoms with Crippen LogP contribution in [-0.2, 0) is 9.47 Å². The normalized spacial score (nSPS) is 9.47. The van der Waals surface area contributed by atoms with Crippen molar-refractivity contribution >= 4 is 11.9 Å². The van der Waals surface area contributed by atoms with Crippen molar-refractivity contribution in [1.82, 2.24) is 0 Å². The van der Waals surface area contributed by atoms with Gasteiger partial charge in [-0.05, 0) is 24.3 Å². The second-order valence-corrected chi connectivity index (χ2v) is 2.71. The van der Waals surface area contributed by atoms with Crippen LogP contribution in [0.5, 0.6) is 0 Å². The Morgan fingerprint density at radius 2 is 1.87 bits per heavy atom. The Morgan fingerprint density at radius 1 is 1.33 bits per heavy atom. The number of nitrogens with two attached hydrogens (primary N) is 1. The van der Waals surface area contributed by atoms with Crippen LogP contribution in [-0.4, -0.2) is 25.7 Å². The highest BCUT2D eigenvalue weighted by Gasteiger charge is 2.06. The molecule has 0 amide bonds. The first-order chi connectivity index (χ1) is 7.19. The lowest BCUT2D eigenvalue weighted by atomic mass is 10.1. The first-order valence-corrected chi connectivity index (χ1v) is 4.29. The second-order valence-electron chi connectivity index (χ2n) is 2.71. The number of rotatable bonds is 3. The molecule has 5 nitrogen and oxygen atoms in total. The summed E-state index contributed by atoms with van der Waals surface area (Å²) >= 11 is 0. The van der Waals surface area contributed by atoms with Gasteiger partial charge in [-0.1, -0.05) is 0 Å². The Bertz CT molecular complexity index is 359. The summed E-state index contributed by atoms with van der Waals surface area (Å²) in [6, 6.07) is 6.33. The molecule has 5 heteroatoms. The van der Waals surface area contributed by atoms with E-state index in [1.165, 1.54) is 7.11 Å². The molecule has 3 N–H and O–H groups in total. The van der Waals surface area contributed by atoms with E-state index < -0.39 is 5.97 Å². The van der Waals surface area contributed by atoms with E-state index in [9.17, 15) is 4.79 Å². The van der Waals surface area contributed by atoms with Crippen LogP contribution < -0.4 is 5.73 Å². The summed E-state index contributed by atoms with van der Waals surface area (Å²) in [5.74, 6) is -0.429. The van der Waals surface area contributed by atoms with Gasteiger partial charge in [0.05, 0.1) is 12.7 Å². The lowest BCUT2D eigenvalue weighted by molar-refractivity contribution is 0.0600.